The fourth-order valence-corrected chi connectivity index (χ4v) is 3.17. The average Bonchev–Trinajstić information content (AvgIpc) is 2.43. The SMILES string of the molecule is CCOC(=O)c1ccnc(N2CC(C)(C)OC(C)(C)C2)c1[N+](=O)[O-]. The van der Waals surface area contributed by atoms with Gasteiger partial charge in [0.2, 0.25) is 5.82 Å². The minimum Gasteiger partial charge on any atom is -0.462 e. The van der Waals surface area contributed by atoms with Crippen molar-refractivity contribution in [3.05, 3.63) is 27.9 Å². The number of carbonyl (C=O) groups is 1. The summed E-state index contributed by atoms with van der Waals surface area (Å²) in [5.41, 5.74) is -1.42. The summed E-state index contributed by atoms with van der Waals surface area (Å²) >= 11 is 0. The van der Waals surface area contributed by atoms with Crippen molar-refractivity contribution in [2.24, 2.45) is 0 Å². The van der Waals surface area contributed by atoms with Gasteiger partial charge in [-0.1, -0.05) is 0 Å². The lowest BCUT2D eigenvalue weighted by Crippen LogP contribution is -2.57. The van der Waals surface area contributed by atoms with Gasteiger partial charge < -0.3 is 14.4 Å². The maximum atomic E-state index is 12.1. The summed E-state index contributed by atoms with van der Waals surface area (Å²) in [6.45, 7) is 10.3. The summed E-state index contributed by atoms with van der Waals surface area (Å²) in [6, 6.07) is 1.32. The van der Waals surface area contributed by atoms with Crippen LogP contribution in [0.25, 0.3) is 0 Å². The molecule has 2 heterocycles. The van der Waals surface area contributed by atoms with Crippen molar-refractivity contribution in [3.63, 3.8) is 0 Å². The summed E-state index contributed by atoms with van der Waals surface area (Å²) < 4.78 is 10.9. The second-order valence-electron chi connectivity index (χ2n) is 6.99. The van der Waals surface area contributed by atoms with E-state index in [1.54, 1.807) is 11.8 Å². The van der Waals surface area contributed by atoms with Gasteiger partial charge in [-0.3, -0.25) is 10.1 Å². The van der Waals surface area contributed by atoms with Crippen LogP contribution < -0.4 is 4.90 Å². The standard InChI is InChI=1S/C16H23N3O5/c1-6-23-14(20)11-7-8-17-13(12(11)19(21)22)18-9-15(2,3)24-16(4,5)10-18/h7-8H,6,9-10H2,1-5H3. The van der Waals surface area contributed by atoms with E-state index in [1.807, 2.05) is 27.7 Å². The molecule has 0 aromatic carbocycles. The number of nitro groups is 1. The van der Waals surface area contributed by atoms with Crippen molar-refractivity contribution >= 4 is 17.5 Å². The van der Waals surface area contributed by atoms with Crippen LogP contribution in [0.2, 0.25) is 0 Å². The fourth-order valence-electron chi connectivity index (χ4n) is 3.17. The van der Waals surface area contributed by atoms with Gasteiger partial charge in [0.25, 0.3) is 0 Å². The minimum absolute atomic E-state index is 0.0889. The highest BCUT2D eigenvalue weighted by Crippen LogP contribution is 2.36. The number of carbonyl (C=O) groups excluding carboxylic acids is 1. The van der Waals surface area contributed by atoms with E-state index in [-0.39, 0.29) is 23.7 Å². The maximum absolute atomic E-state index is 12.1. The molecule has 0 radical (unpaired) electrons. The normalized spacial score (nSPS) is 19.0. The van der Waals surface area contributed by atoms with Crippen LogP contribution in [0.15, 0.2) is 12.3 Å². The number of pyridine rings is 1. The topological polar surface area (TPSA) is 94.8 Å². The Morgan fingerprint density at radius 2 is 1.96 bits per heavy atom. The molecule has 0 atom stereocenters. The molecule has 24 heavy (non-hydrogen) atoms. The van der Waals surface area contributed by atoms with E-state index in [1.165, 1.54) is 12.3 Å². The maximum Gasteiger partial charge on any atom is 0.345 e. The van der Waals surface area contributed by atoms with Gasteiger partial charge in [-0.15, -0.1) is 0 Å². The first-order valence-electron chi connectivity index (χ1n) is 7.82. The number of anilines is 1. The molecule has 1 aliphatic rings. The van der Waals surface area contributed by atoms with Gasteiger partial charge >= 0.3 is 11.7 Å². The molecular formula is C16H23N3O5. The van der Waals surface area contributed by atoms with Crippen molar-refractivity contribution in [1.29, 1.82) is 0 Å². The highest BCUT2D eigenvalue weighted by Gasteiger charge is 2.41. The highest BCUT2D eigenvalue weighted by molar-refractivity contribution is 5.96. The Bertz CT molecular complexity index is 641. The van der Waals surface area contributed by atoms with Crippen LogP contribution in [0, 0.1) is 10.1 Å². The summed E-state index contributed by atoms with van der Waals surface area (Å²) in [7, 11) is 0. The van der Waals surface area contributed by atoms with E-state index in [9.17, 15) is 14.9 Å². The molecule has 8 nitrogen and oxygen atoms in total. The molecule has 1 saturated heterocycles. The summed E-state index contributed by atoms with van der Waals surface area (Å²) in [5, 5.41) is 11.6. The Morgan fingerprint density at radius 1 is 1.38 bits per heavy atom. The van der Waals surface area contributed by atoms with E-state index in [0.717, 1.165) is 0 Å². The molecule has 0 aliphatic carbocycles. The third kappa shape index (κ3) is 3.81. The third-order valence-electron chi connectivity index (χ3n) is 3.58. The van der Waals surface area contributed by atoms with Gasteiger partial charge in [-0.05, 0) is 40.7 Å². The van der Waals surface area contributed by atoms with E-state index in [0.29, 0.717) is 13.1 Å². The molecule has 8 heteroatoms. The molecular weight excluding hydrogens is 314 g/mol. The highest BCUT2D eigenvalue weighted by atomic mass is 16.6. The number of morpholine rings is 1. The molecule has 1 aliphatic heterocycles. The molecule has 1 aromatic rings. The quantitative estimate of drug-likeness (QED) is 0.473. The Labute approximate surface area is 140 Å². The predicted molar refractivity (Wildman–Crippen MR) is 88.3 cm³/mol. The summed E-state index contributed by atoms with van der Waals surface area (Å²) in [5.74, 6) is -0.561. The van der Waals surface area contributed by atoms with E-state index >= 15 is 0 Å². The van der Waals surface area contributed by atoms with Crippen LogP contribution in [0.4, 0.5) is 11.5 Å². The van der Waals surface area contributed by atoms with Gasteiger partial charge in [0.1, 0.15) is 5.56 Å². The molecule has 0 unspecified atom stereocenters. The second kappa shape index (κ2) is 6.35. The zero-order valence-corrected chi connectivity index (χ0v) is 14.7. The van der Waals surface area contributed by atoms with Gasteiger partial charge in [-0.25, -0.2) is 9.78 Å². The van der Waals surface area contributed by atoms with Crippen molar-refractivity contribution in [2.75, 3.05) is 24.6 Å². The van der Waals surface area contributed by atoms with Crippen LogP contribution in [0.3, 0.4) is 0 Å². The first kappa shape index (κ1) is 18.1. The number of aromatic nitrogens is 1. The zero-order chi connectivity index (χ0) is 18.1. The van der Waals surface area contributed by atoms with E-state index in [4.69, 9.17) is 9.47 Å². The van der Waals surface area contributed by atoms with Crippen LogP contribution in [-0.4, -0.2) is 46.8 Å². The average molecular weight is 337 g/mol. The number of ether oxygens (including phenoxy) is 2. The van der Waals surface area contributed by atoms with Crippen LogP contribution in [-0.2, 0) is 9.47 Å². The Kier molecular flexibility index (Phi) is 4.80. The summed E-state index contributed by atoms with van der Waals surface area (Å²) in [6.07, 6.45) is 1.39. The molecule has 0 amide bonds. The smallest absolute Gasteiger partial charge is 0.345 e. The molecule has 1 aromatic heterocycles. The monoisotopic (exact) mass is 337 g/mol. The number of hydrogen-bond acceptors (Lipinski definition) is 7. The lowest BCUT2D eigenvalue weighted by atomic mass is 9.98. The van der Waals surface area contributed by atoms with Gasteiger partial charge in [0.15, 0.2) is 0 Å². The number of nitrogens with zero attached hydrogens (tertiary/aromatic N) is 3. The number of esters is 1. The Hall–Kier alpha value is -2.22. The van der Waals surface area contributed by atoms with Crippen molar-refractivity contribution in [1.82, 2.24) is 4.98 Å². The molecule has 1 fully saturated rings. The van der Waals surface area contributed by atoms with Gasteiger partial charge in [0.05, 0.1) is 22.7 Å². The van der Waals surface area contributed by atoms with Gasteiger partial charge in [-0.2, -0.15) is 0 Å². The lowest BCUT2D eigenvalue weighted by Gasteiger charge is -2.47. The zero-order valence-electron chi connectivity index (χ0n) is 14.7. The van der Waals surface area contributed by atoms with Crippen LogP contribution in [0.1, 0.15) is 45.0 Å². The molecule has 2 rings (SSSR count). The fraction of sp³-hybridized carbons (Fsp3) is 0.625. The number of rotatable bonds is 4. The minimum atomic E-state index is -0.723. The largest absolute Gasteiger partial charge is 0.462 e. The molecule has 0 bridgehead atoms. The Morgan fingerprint density at radius 3 is 2.46 bits per heavy atom. The van der Waals surface area contributed by atoms with Crippen molar-refractivity contribution < 1.29 is 19.2 Å². The van der Waals surface area contributed by atoms with E-state index < -0.39 is 22.1 Å². The first-order valence-corrected chi connectivity index (χ1v) is 7.82. The number of hydrogen-bond donors (Lipinski definition) is 0. The Balaban J connectivity index is 2.52. The molecule has 132 valence electrons. The molecule has 0 N–H and O–H groups in total. The first-order chi connectivity index (χ1) is 11.1. The molecule has 0 spiro atoms. The van der Waals surface area contributed by atoms with Crippen molar-refractivity contribution in [2.45, 2.75) is 45.8 Å². The third-order valence-corrected chi connectivity index (χ3v) is 3.58. The lowest BCUT2D eigenvalue weighted by molar-refractivity contribution is -0.384. The molecule has 0 saturated carbocycles. The van der Waals surface area contributed by atoms with Crippen LogP contribution in [0.5, 0.6) is 0 Å². The summed E-state index contributed by atoms with van der Waals surface area (Å²) in [4.78, 5) is 29.1. The second-order valence-corrected chi connectivity index (χ2v) is 6.99. The van der Waals surface area contributed by atoms with Gasteiger partial charge in [0, 0.05) is 19.3 Å². The van der Waals surface area contributed by atoms with Crippen LogP contribution >= 0.6 is 0 Å². The predicted octanol–water partition coefficient (Wildman–Crippen LogP) is 2.56. The van der Waals surface area contributed by atoms with E-state index in [2.05, 4.69) is 4.98 Å². The van der Waals surface area contributed by atoms with Crippen molar-refractivity contribution in [3.8, 4) is 0 Å².